The molecule has 0 aromatic heterocycles. The van der Waals surface area contributed by atoms with Crippen molar-refractivity contribution in [3.05, 3.63) is 71.8 Å². The van der Waals surface area contributed by atoms with Gasteiger partial charge in [-0.3, -0.25) is 0 Å². The van der Waals surface area contributed by atoms with Crippen molar-refractivity contribution in [2.24, 2.45) is 17.8 Å². The van der Waals surface area contributed by atoms with E-state index < -0.39 is 0 Å². The molecule has 2 N–H and O–H groups in total. The summed E-state index contributed by atoms with van der Waals surface area (Å²) in [5, 5.41) is 8.27. The van der Waals surface area contributed by atoms with E-state index in [0.717, 1.165) is 22.9 Å². The normalized spacial score (nSPS) is 31.1. The molecule has 27 heavy (non-hydrogen) atoms. The third kappa shape index (κ3) is 3.50. The molecule has 0 amide bonds. The van der Waals surface area contributed by atoms with Crippen molar-refractivity contribution in [2.45, 2.75) is 50.1 Å². The molecule has 4 aliphatic carbocycles. The van der Waals surface area contributed by atoms with Crippen LogP contribution in [0.3, 0.4) is 0 Å². The molecule has 2 nitrogen and oxygen atoms in total. The molecule has 0 radical (unpaired) electrons. The van der Waals surface area contributed by atoms with Crippen LogP contribution in [0.2, 0.25) is 0 Å². The molecule has 0 atom stereocenters. The van der Waals surface area contributed by atoms with Crippen molar-refractivity contribution in [3.8, 4) is 0 Å². The van der Waals surface area contributed by atoms with Crippen molar-refractivity contribution < 1.29 is 0 Å². The lowest BCUT2D eigenvalue weighted by Crippen LogP contribution is -2.61. The minimum absolute atomic E-state index is 0.0845. The summed E-state index contributed by atoms with van der Waals surface area (Å²) in [5.41, 5.74) is 2.74. The van der Waals surface area contributed by atoms with Gasteiger partial charge in [0.15, 0.2) is 5.11 Å². The molecule has 4 fully saturated rings. The first-order chi connectivity index (χ1) is 13.2. The van der Waals surface area contributed by atoms with Crippen LogP contribution >= 0.6 is 12.2 Å². The largest absolute Gasteiger partial charge is 0.357 e. The predicted molar refractivity (Wildman–Crippen MR) is 114 cm³/mol. The van der Waals surface area contributed by atoms with E-state index in [0.29, 0.717) is 0 Å². The highest BCUT2D eigenvalue weighted by atomic mass is 32.1. The molecule has 4 aliphatic rings. The maximum Gasteiger partial charge on any atom is 0.167 e. The van der Waals surface area contributed by atoms with Crippen LogP contribution in [0, 0.1) is 17.8 Å². The van der Waals surface area contributed by atoms with Gasteiger partial charge in [0.2, 0.25) is 0 Å². The van der Waals surface area contributed by atoms with E-state index in [4.69, 9.17) is 12.2 Å². The van der Waals surface area contributed by atoms with Gasteiger partial charge >= 0.3 is 0 Å². The summed E-state index contributed by atoms with van der Waals surface area (Å²) in [6, 6.07) is 21.3. The zero-order chi connectivity index (χ0) is 18.3. The summed E-state index contributed by atoms with van der Waals surface area (Å²) in [5.74, 6) is 2.77. The van der Waals surface area contributed by atoms with Gasteiger partial charge in [-0.15, -0.1) is 0 Å². The topological polar surface area (TPSA) is 24.1 Å². The zero-order valence-corrected chi connectivity index (χ0v) is 16.6. The molecule has 0 heterocycles. The van der Waals surface area contributed by atoms with Gasteiger partial charge in [-0.2, -0.15) is 0 Å². The second-order valence-electron chi connectivity index (χ2n) is 9.05. The van der Waals surface area contributed by atoms with E-state index >= 15 is 0 Å². The lowest BCUT2D eigenvalue weighted by molar-refractivity contribution is -0.0102. The van der Waals surface area contributed by atoms with Crippen LogP contribution in [0.25, 0.3) is 0 Å². The standard InChI is InChI=1S/C24H28N2S/c27-23(26-24-14-17-11-18(15-24)13-19(12-17)16-24)25-22(20-7-3-1-4-8-20)21-9-5-2-6-10-21/h1-10,17-19,22H,11-16H2,(H2,25,26,27). The Morgan fingerprint density at radius 1 is 0.778 bits per heavy atom. The monoisotopic (exact) mass is 376 g/mol. The molecular formula is C24H28N2S. The average Bonchev–Trinajstić information content (AvgIpc) is 2.66. The van der Waals surface area contributed by atoms with Crippen LogP contribution in [-0.2, 0) is 0 Å². The first kappa shape index (κ1) is 17.2. The Morgan fingerprint density at radius 3 is 1.67 bits per heavy atom. The van der Waals surface area contributed by atoms with Crippen LogP contribution < -0.4 is 10.6 Å². The number of thiocarbonyl (C=S) groups is 1. The van der Waals surface area contributed by atoms with Gasteiger partial charge < -0.3 is 10.6 Å². The summed E-state index contributed by atoms with van der Waals surface area (Å²) in [7, 11) is 0. The van der Waals surface area contributed by atoms with Crippen molar-refractivity contribution in [2.75, 3.05) is 0 Å². The van der Waals surface area contributed by atoms with E-state index in [2.05, 4.69) is 71.3 Å². The number of rotatable bonds is 4. The van der Waals surface area contributed by atoms with Gasteiger partial charge in [-0.25, -0.2) is 0 Å². The summed E-state index contributed by atoms with van der Waals surface area (Å²) < 4.78 is 0. The van der Waals surface area contributed by atoms with Gasteiger partial charge in [0.1, 0.15) is 0 Å². The molecule has 0 spiro atoms. The minimum atomic E-state index is 0.0845. The highest BCUT2D eigenvalue weighted by Gasteiger charge is 2.51. The van der Waals surface area contributed by atoms with E-state index in [9.17, 15) is 0 Å². The predicted octanol–water partition coefficient (Wildman–Crippen LogP) is 5.21. The molecule has 0 aliphatic heterocycles. The Balaban J connectivity index is 1.35. The van der Waals surface area contributed by atoms with E-state index in [1.54, 1.807) is 0 Å². The fourth-order valence-electron chi connectivity index (χ4n) is 6.32. The van der Waals surface area contributed by atoms with Crippen molar-refractivity contribution in [1.82, 2.24) is 10.6 Å². The van der Waals surface area contributed by atoms with Gasteiger partial charge in [-0.1, -0.05) is 60.7 Å². The van der Waals surface area contributed by atoms with E-state index in [1.807, 2.05) is 0 Å². The number of benzene rings is 2. The number of hydrogen-bond acceptors (Lipinski definition) is 1. The molecule has 0 unspecified atom stereocenters. The maximum atomic E-state index is 5.84. The molecule has 140 valence electrons. The summed E-state index contributed by atoms with van der Waals surface area (Å²) >= 11 is 5.84. The summed E-state index contributed by atoms with van der Waals surface area (Å²) in [6.45, 7) is 0. The average molecular weight is 377 g/mol. The first-order valence-corrected chi connectivity index (χ1v) is 10.8. The SMILES string of the molecule is S=C(NC(c1ccccc1)c1ccccc1)NC12CC3CC(CC(C3)C1)C2. The summed E-state index contributed by atoms with van der Waals surface area (Å²) in [4.78, 5) is 0. The minimum Gasteiger partial charge on any atom is -0.357 e. The Labute approximate surface area is 167 Å². The third-order valence-electron chi connectivity index (χ3n) is 6.96. The van der Waals surface area contributed by atoms with E-state index in [-0.39, 0.29) is 11.6 Å². The van der Waals surface area contributed by atoms with E-state index in [1.165, 1.54) is 49.7 Å². The van der Waals surface area contributed by atoms with Crippen molar-refractivity contribution >= 4 is 17.3 Å². The van der Waals surface area contributed by atoms with Crippen molar-refractivity contribution in [1.29, 1.82) is 0 Å². The lowest BCUT2D eigenvalue weighted by atomic mass is 9.53. The van der Waals surface area contributed by atoms with Crippen molar-refractivity contribution in [3.63, 3.8) is 0 Å². The van der Waals surface area contributed by atoms with Gasteiger partial charge in [0.25, 0.3) is 0 Å². The number of hydrogen-bond donors (Lipinski definition) is 2. The van der Waals surface area contributed by atoms with Crippen LogP contribution in [0.5, 0.6) is 0 Å². The Hall–Kier alpha value is -1.87. The third-order valence-corrected chi connectivity index (χ3v) is 7.18. The zero-order valence-electron chi connectivity index (χ0n) is 15.7. The molecule has 2 aromatic rings. The fourth-order valence-corrected chi connectivity index (χ4v) is 6.66. The fraction of sp³-hybridized carbons (Fsp3) is 0.458. The second kappa shape index (κ2) is 6.94. The Morgan fingerprint density at radius 2 is 1.22 bits per heavy atom. The van der Waals surface area contributed by atoms with Crippen LogP contribution in [0.4, 0.5) is 0 Å². The first-order valence-electron chi connectivity index (χ1n) is 10.4. The van der Waals surface area contributed by atoms with Crippen LogP contribution in [0.15, 0.2) is 60.7 Å². The Bertz CT molecular complexity index is 727. The van der Waals surface area contributed by atoms with Gasteiger partial charge in [0, 0.05) is 5.54 Å². The number of nitrogens with one attached hydrogen (secondary N) is 2. The van der Waals surface area contributed by atoms with Crippen LogP contribution in [0.1, 0.15) is 55.7 Å². The molecular weight excluding hydrogens is 348 g/mol. The van der Waals surface area contributed by atoms with Gasteiger partial charge in [-0.05, 0) is 79.6 Å². The molecule has 4 saturated carbocycles. The molecule has 4 bridgehead atoms. The molecule has 2 aromatic carbocycles. The maximum absolute atomic E-state index is 5.84. The Kier molecular flexibility index (Phi) is 4.43. The van der Waals surface area contributed by atoms with Crippen LogP contribution in [-0.4, -0.2) is 10.7 Å². The van der Waals surface area contributed by atoms with Gasteiger partial charge in [0.05, 0.1) is 6.04 Å². The second-order valence-corrected chi connectivity index (χ2v) is 9.46. The molecule has 3 heteroatoms. The quantitative estimate of drug-likeness (QED) is 0.717. The smallest absolute Gasteiger partial charge is 0.167 e. The summed E-state index contributed by atoms with van der Waals surface area (Å²) in [6.07, 6.45) is 8.29. The lowest BCUT2D eigenvalue weighted by Gasteiger charge is -2.57. The highest BCUT2D eigenvalue weighted by molar-refractivity contribution is 7.80. The molecule has 6 rings (SSSR count). The highest BCUT2D eigenvalue weighted by Crippen LogP contribution is 2.55. The molecule has 0 saturated heterocycles.